The topological polar surface area (TPSA) is 55.6 Å². The van der Waals surface area contributed by atoms with Crippen LogP contribution in [0.4, 0.5) is 5.69 Å². The molecule has 6 heteroatoms. The van der Waals surface area contributed by atoms with Crippen molar-refractivity contribution >= 4 is 17.3 Å². The van der Waals surface area contributed by atoms with Gasteiger partial charge in [-0.3, -0.25) is 0 Å². The number of benzene rings is 2. The molecule has 0 unspecified atom stereocenters. The number of nitrogens with one attached hydrogen (secondary N) is 1. The second-order valence-electron chi connectivity index (χ2n) is 7.40. The second kappa shape index (κ2) is 7.31. The molecule has 0 bridgehead atoms. The molecule has 4 rings (SSSR count). The summed E-state index contributed by atoms with van der Waals surface area (Å²) in [4.78, 5) is 0. The summed E-state index contributed by atoms with van der Waals surface area (Å²) in [5.41, 5.74) is 3.97. The van der Waals surface area contributed by atoms with Gasteiger partial charge in [0.05, 0.1) is 21.9 Å². The predicted octanol–water partition coefficient (Wildman–Crippen LogP) is 5.20. The zero-order valence-electron chi connectivity index (χ0n) is 15.7. The van der Waals surface area contributed by atoms with Gasteiger partial charge in [-0.1, -0.05) is 61.2 Å². The Bertz CT molecular complexity index is 923. The van der Waals surface area contributed by atoms with Crippen LogP contribution in [0.25, 0.3) is 5.69 Å². The minimum Gasteiger partial charge on any atom is -0.371 e. The van der Waals surface area contributed by atoms with E-state index in [1.807, 2.05) is 28.9 Å². The molecule has 0 amide bonds. The fourth-order valence-corrected chi connectivity index (χ4v) is 4.34. The SMILES string of the molecule is Cc1cccc(C)c1-n1nnnc1C1(Nc2ccccc2Cl)CCCCC1. The first-order valence-electron chi connectivity index (χ1n) is 9.49. The lowest BCUT2D eigenvalue weighted by Gasteiger charge is -2.38. The van der Waals surface area contributed by atoms with E-state index in [1.165, 1.54) is 6.42 Å². The van der Waals surface area contributed by atoms with Gasteiger partial charge in [0.1, 0.15) is 0 Å². The zero-order valence-corrected chi connectivity index (χ0v) is 16.5. The Kier molecular flexibility index (Phi) is 4.87. The highest BCUT2D eigenvalue weighted by Gasteiger charge is 2.40. The Balaban J connectivity index is 1.84. The molecular formula is C21H24ClN5. The minimum atomic E-state index is -0.332. The Morgan fingerprint density at radius 3 is 2.37 bits per heavy atom. The molecule has 1 aliphatic carbocycles. The average Bonchev–Trinajstić information content (AvgIpc) is 3.14. The lowest BCUT2D eigenvalue weighted by Crippen LogP contribution is -2.40. The predicted molar refractivity (Wildman–Crippen MR) is 108 cm³/mol. The van der Waals surface area contributed by atoms with Crippen LogP contribution in [0.15, 0.2) is 42.5 Å². The van der Waals surface area contributed by atoms with E-state index in [4.69, 9.17) is 11.6 Å². The molecule has 0 atom stereocenters. The third-order valence-corrected chi connectivity index (χ3v) is 5.83. The quantitative estimate of drug-likeness (QED) is 0.674. The van der Waals surface area contributed by atoms with Gasteiger partial charge >= 0.3 is 0 Å². The summed E-state index contributed by atoms with van der Waals surface area (Å²) in [5, 5.41) is 17.4. The normalized spacial score (nSPS) is 16.3. The molecule has 3 aromatic rings. The molecule has 1 aliphatic rings. The van der Waals surface area contributed by atoms with E-state index >= 15 is 0 Å². The van der Waals surface area contributed by atoms with Crippen LogP contribution in [0, 0.1) is 13.8 Å². The summed E-state index contributed by atoms with van der Waals surface area (Å²) in [6.45, 7) is 4.20. The monoisotopic (exact) mass is 381 g/mol. The fourth-order valence-electron chi connectivity index (χ4n) is 4.16. The maximum absolute atomic E-state index is 6.45. The molecule has 0 radical (unpaired) electrons. The van der Waals surface area contributed by atoms with E-state index < -0.39 is 0 Å². The van der Waals surface area contributed by atoms with E-state index in [0.29, 0.717) is 5.02 Å². The van der Waals surface area contributed by atoms with Gasteiger partial charge in [-0.05, 0) is 60.4 Å². The van der Waals surface area contributed by atoms with E-state index in [9.17, 15) is 0 Å². The number of anilines is 1. The van der Waals surface area contributed by atoms with Crippen LogP contribution in [0.2, 0.25) is 5.02 Å². The van der Waals surface area contributed by atoms with Crippen LogP contribution in [0.1, 0.15) is 49.1 Å². The summed E-state index contributed by atoms with van der Waals surface area (Å²) in [7, 11) is 0. The largest absolute Gasteiger partial charge is 0.371 e. The Morgan fingerprint density at radius 1 is 0.963 bits per heavy atom. The molecule has 1 aromatic heterocycles. The third kappa shape index (κ3) is 3.32. The summed E-state index contributed by atoms with van der Waals surface area (Å²) in [5.74, 6) is 0.861. The third-order valence-electron chi connectivity index (χ3n) is 5.50. The van der Waals surface area contributed by atoms with Gasteiger partial charge in [0.2, 0.25) is 0 Å². The molecule has 27 heavy (non-hydrogen) atoms. The van der Waals surface area contributed by atoms with E-state index in [2.05, 4.69) is 52.9 Å². The minimum absolute atomic E-state index is 0.332. The number of rotatable bonds is 4. The number of aromatic nitrogens is 4. The van der Waals surface area contributed by atoms with Crippen molar-refractivity contribution in [1.82, 2.24) is 20.2 Å². The van der Waals surface area contributed by atoms with Crippen molar-refractivity contribution in [3.05, 3.63) is 64.4 Å². The number of hydrogen-bond donors (Lipinski definition) is 1. The summed E-state index contributed by atoms with van der Waals surface area (Å²) in [6.07, 6.45) is 5.46. The van der Waals surface area contributed by atoms with Gasteiger partial charge < -0.3 is 5.32 Å². The van der Waals surface area contributed by atoms with Crippen LogP contribution in [-0.4, -0.2) is 20.2 Å². The number of nitrogens with zero attached hydrogens (tertiary/aromatic N) is 4. The molecule has 5 nitrogen and oxygen atoms in total. The van der Waals surface area contributed by atoms with Gasteiger partial charge in [0.15, 0.2) is 5.82 Å². The van der Waals surface area contributed by atoms with Crippen LogP contribution < -0.4 is 5.32 Å². The second-order valence-corrected chi connectivity index (χ2v) is 7.81. The maximum atomic E-state index is 6.45. The van der Waals surface area contributed by atoms with Crippen molar-refractivity contribution in [2.75, 3.05) is 5.32 Å². The average molecular weight is 382 g/mol. The lowest BCUT2D eigenvalue weighted by molar-refractivity contribution is 0.309. The number of halogens is 1. The van der Waals surface area contributed by atoms with Crippen molar-refractivity contribution in [3.8, 4) is 5.69 Å². The number of para-hydroxylation sites is 2. The Morgan fingerprint density at radius 2 is 1.67 bits per heavy atom. The number of aryl methyl sites for hydroxylation is 2. The van der Waals surface area contributed by atoms with Gasteiger partial charge in [-0.2, -0.15) is 4.68 Å². The van der Waals surface area contributed by atoms with Crippen LogP contribution >= 0.6 is 11.6 Å². The lowest BCUT2D eigenvalue weighted by atomic mass is 9.80. The van der Waals surface area contributed by atoms with Crippen LogP contribution in [-0.2, 0) is 5.54 Å². The standard InChI is InChI=1S/C21H24ClN5/c1-15-9-8-10-16(2)19(15)27-20(24-25-26-27)21(13-6-3-7-14-21)23-18-12-5-4-11-17(18)22/h4-5,8-12,23H,3,6-7,13-14H2,1-2H3. The fraction of sp³-hybridized carbons (Fsp3) is 0.381. The highest BCUT2D eigenvalue weighted by molar-refractivity contribution is 6.33. The summed E-state index contributed by atoms with van der Waals surface area (Å²) < 4.78 is 1.92. The molecule has 0 spiro atoms. The molecular weight excluding hydrogens is 358 g/mol. The molecule has 2 aromatic carbocycles. The van der Waals surface area contributed by atoms with Gasteiger partial charge in [-0.25, -0.2) is 0 Å². The highest BCUT2D eigenvalue weighted by Crippen LogP contribution is 2.41. The summed E-state index contributed by atoms with van der Waals surface area (Å²) >= 11 is 6.45. The van der Waals surface area contributed by atoms with Gasteiger partial charge in [0, 0.05) is 0 Å². The maximum Gasteiger partial charge on any atom is 0.181 e. The molecule has 1 saturated carbocycles. The van der Waals surface area contributed by atoms with Crippen molar-refractivity contribution in [2.45, 2.75) is 51.5 Å². The Hall–Kier alpha value is -2.40. The Labute approximate surface area is 164 Å². The molecule has 1 fully saturated rings. The number of tetrazole rings is 1. The van der Waals surface area contributed by atoms with Gasteiger partial charge in [0.25, 0.3) is 0 Å². The first-order chi connectivity index (χ1) is 13.1. The van der Waals surface area contributed by atoms with E-state index in [0.717, 1.165) is 54.0 Å². The van der Waals surface area contributed by atoms with E-state index in [1.54, 1.807) is 0 Å². The zero-order chi connectivity index (χ0) is 18.9. The van der Waals surface area contributed by atoms with E-state index in [-0.39, 0.29) is 5.54 Å². The molecule has 1 heterocycles. The molecule has 140 valence electrons. The summed E-state index contributed by atoms with van der Waals surface area (Å²) in [6, 6.07) is 14.1. The van der Waals surface area contributed by atoms with Crippen molar-refractivity contribution in [1.29, 1.82) is 0 Å². The number of hydrogen-bond acceptors (Lipinski definition) is 4. The van der Waals surface area contributed by atoms with Crippen LogP contribution in [0.3, 0.4) is 0 Å². The molecule has 0 aliphatic heterocycles. The van der Waals surface area contributed by atoms with Crippen molar-refractivity contribution in [3.63, 3.8) is 0 Å². The van der Waals surface area contributed by atoms with Crippen LogP contribution in [0.5, 0.6) is 0 Å². The first kappa shape index (κ1) is 18.0. The first-order valence-corrected chi connectivity index (χ1v) is 9.87. The molecule has 1 N–H and O–H groups in total. The molecule has 0 saturated heterocycles. The van der Waals surface area contributed by atoms with Crippen molar-refractivity contribution in [2.24, 2.45) is 0 Å². The smallest absolute Gasteiger partial charge is 0.181 e. The highest BCUT2D eigenvalue weighted by atomic mass is 35.5. The van der Waals surface area contributed by atoms with Crippen molar-refractivity contribution < 1.29 is 0 Å². The van der Waals surface area contributed by atoms with Gasteiger partial charge in [-0.15, -0.1) is 5.10 Å².